The quantitative estimate of drug-likeness (QED) is 0.684. The van der Waals surface area contributed by atoms with Gasteiger partial charge in [0, 0.05) is 19.8 Å². The smallest absolute Gasteiger partial charge is 0.0488 e. The van der Waals surface area contributed by atoms with Crippen LogP contribution in [0.3, 0.4) is 0 Å². The Kier molecular flexibility index (Phi) is 4.02. The Bertz CT molecular complexity index is 123. The van der Waals surface area contributed by atoms with Crippen LogP contribution in [0.25, 0.3) is 0 Å². The van der Waals surface area contributed by atoms with Crippen LogP contribution < -0.4 is 5.73 Å². The molecule has 0 amide bonds. The van der Waals surface area contributed by atoms with E-state index in [1.807, 2.05) is 0 Å². The molecule has 0 spiro atoms. The maximum absolute atomic E-state index is 6.05. The van der Waals surface area contributed by atoms with Crippen LogP contribution in [0.2, 0.25) is 0 Å². The number of rotatable bonds is 5. The second kappa shape index (κ2) is 4.83. The van der Waals surface area contributed by atoms with E-state index in [9.17, 15) is 0 Å². The van der Waals surface area contributed by atoms with Crippen molar-refractivity contribution in [3.05, 3.63) is 0 Å². The third kappa shape index (κ3) is 2.76. The molecule has 0 radical (unpaired) electrons. The third-order valence-electron chi connectivity index (χ3n) is 2.88. The van der Waals surface area contributed by atoms with E-state index in [1.165, 1.54) is 19.3 Å². The molecule has 2 N–H and O–H groups in total. The van der Waals surface area contributed by atoms with Crippen molar-refractivity contribution in [2.75, 3.05) is 13.7 Å². The molecule has 2 unspecified atom stereocenters. The van der Waals surface area contributed by atoms with Crippen molar-refractivity contribution in [1.29, 1.82) is 0 Å². The Labute approximate surface area is 75.5 Å². The van der Waals surface area contributed by atoms with Gasteiger partial charge in [-0.1, -0.05) is 13.3 Å². The Morgan fingerprint density at radius 1 is 1.50 bits per heavy atom. The van der Waals surface area contributed by atoms with Crippen molar-refractivity contribution in [3.8, 4) is 0 Å². The molecule has 1 aliphatic carbocycles. The summed E-state index contributed by atoms with van der Waals surface area (Å²) < 4.78 is 5.08. The first kappa shape index (κ1) is 10.0. The van der Waals surface area contributed by atoms with E-state index in [2.05, 4.69) is 6.92 Å². The number of nitrogens with two attached hydrogens (primary N) is 1. The Morgan fingerprint density at radius 3 is 2.58 bits per heavy atom. The molecule has 1 aliphatic rings. The SMILES string of the molecule is COCC(C)CC(N)C1CCC1. The van der Waals surface area contributed by atoms with E-state index in [0.717, 1.165) is 18.9 Å². The highest BCUT2D eigenvalue weighted by molar-refractivity contribution is 4.81. The summed E-state index contributed by atoms with van der Waals surface area (Å²) in [6.07, 6.45) is 5.21. The minimum atomic E-state index is 0.420. The molecular formula is C10H21NO. The molecule has 0 bridgehead atoms. The highest BCUT2D eigenvalue weighted by Crippen LogP contribution is 2.30. The first-order valence-corrected chi connectivity index (χ1v) is 4.98. The van der Waals surface area contributed by atoms with Crippen molar-refractivity contribution in [1.82, 2.24) is 0 Å². The standard InChI is InChI=1S/C10H21NO/c1-8(7-12-2)6-10(11)9-4-3-5-9/h8-10H,3-7,11H2,1-2H3. The topological polar surface area (TPSA) is 35.2 Å². The lowest BCUT2D eigenvalue weighted by Gasteiger charge is -2.32. The van der Waals surface area contributed by atoms with Crippen LogP contribution in [-0.2, 0) is 4.74 Å². The molecular weight excluding hydrogens is 150 g/mol. The minimum Gasteiger partial charge on any atom is -0.384 e. The summed E-state index contributed by atoms with van der Waals surface area (Å²) in [5.74, 6) is 1.43. The lowest BCUT2D eigenvalue weighted by molar-refractivity contribution is 0.139. The summed E-state index contributed by atoms with van der Waals surface area (Å²) in [6.45, 7) is 3.06. The van der Waals surface area contributed by atoms with Gasteiger partial charge >= 0.3 is 0 Å². The van der Waals surface area contributed by atoms with Gasteiger partial charge < -0.3 is 10.5 Å². The molecule has 0 saturated heterocycles. The second-order valence-electron chi connectivity index (χ2n) is 4.15. The molecule has 2 atom stereocenters. The maximum Gasteiger partial charge on any atom is 0.0488 e. The monoisotopic (exact) mass is 171 g/mol. The average Bonchev–Trinajstić information content (AvgIpc) is 1.82. The molecule has 0 aromatic carbocycles. The van der Waals surface area contributed by atoms with Gasteiger partial charge in [-0.15, -0.1) is 0 Å². The molecule has 1 saturated carbocycles. The number of ether oxygens (including phenoxy) is 1. The minimum absolute atomic E-state index is 0.420. The van der Waals surface area contributed by atoms with Crippen molar-refractivity contribution in [2.24, 2.45) is 17.6 Å². The van der Waals surface area contributed by atoms with Gasteiger partial charge in [0.1, 0.15) is 0 Å². The lowest BCUT2D eigenvalue weighted by atomic mass is 9.77. The number of hydrogen-bond acceptors (Lipinski definition) is 2. The van der Waals surface area contributed by atoms with Crippen LogP contribution in [0.15, 0.2) is 0 Å². The normalized spacial score (nSPS) is 23.2. The summed E-state index contributed by atoms with van der Waals surface area (Å²) in [6, 6.07) is 0.420. The van der Waals surface area contributed by atoms with Gasteiger partial charge in [-0.25, -0.2) is 0 Å². The second-order valence-corrected chi connectivity index (χ2v) is 4.15. The fourth-order valence-electron chi connectivity index (χ4n) is 1.88. The fraction of sp³-hybridized carbons (Fsp3) is 1.00. The van der Waals surface area contributed by atoms with E-state index in [4.69, 9.17) is 10.5 Å². The zero-order chi connectivity index (χ0) is 8.97. The highest BCUT2D eigenvalue weighted by atomic mass is 16.5. The van der Waals surface area contributed by atoms with E-state index in [1.54, 1.807) is 7.11 Å². The molecule has 1 fully saturated rings. The van der Waals surface area contributed by atoms with Crippen LogP contribution in [0, 0.1) is 11.8 Å². The van der Waals surface area contributed by atoms with E-state index < -0.39 is 0 Å². The third-order valence-corrected chi connectivity index (χ3v) is 2.88. The van der Waals surface area contributed by atoms with E-state index >= 15 is 0 Å². The largest absolute Gasteiger partial charge is 0.384 e. The first-order valence-electron chi connectivity index (χ1n) is 4.98. The van der Waals surface area contributed by atoms with Crippen LogP contribution >= 0.6 is 0 Å². The van der Waals surface area contributed by atoms with Crippen molar-refractivity contribution in [3.63, 3.8) is 0 Å². The predicted octanol–water partition coefficient (Wildman–Crippen LogP) is 1.79. The zero-order valence-corrected chi connectivity index (χ0v) is 8.25. The Morgan fingerprint density at radius 2 is 2.17 bits per heavy atom. The van der Waals surface area contributed by atoms with Crippen molar-refractivity contribution in [2.45, 2.75) is 38.6 Å². The van der Waals surface area contributed by atoms with Crippen molar-refractivity contribution >= 4 is 0 Å². The summed E-state index contributed by atoms with van der Waals surface area (Å²) >= 11 is 0. The van der Waals surface area contributed by atoms with Gasteiger partial charge in [0.05, 0.1) is 0 Å². The predicted molar refractivity (Wildman–Crippen MR) is 51.0 cm³/mol. The molecule has 2 nitrogen and oxygen atoms in total. The van der Waals surface area contributed by atoms with Gasteiger partial charge in [0.2, 0.25) is 0 Å². The van der Waals surface area contributed by atoms with Gasteiger partial charge in [-0.05, 0) is 31.1 Å². The molecule has 0 aromatic heterocycles. The first-order chi connectivity index (χ1) is 5.74. The number of hydrogen-bond donors (Lipinski definition) is 1. The zero-order valence-electron chi connectivity index (χ0n) is 8.25. The van der Waals surface area contributed by atoms with Crippen LogP contribution in [-0.4, -0.2) is 19.8 Å². The maximum atomic E-state index is 6.05. The molecule has 12 heavy (non-hydrogen) atoms. The van der Waals surface area contributed by atoms with Crippen LogP contribution in [0.1, 0.15) is 32.6 Å². The van der Waals surface area contributed by atoms with E-state index in [-0.39, 0.29) is 0 Å². The van der Waals surface area contributed by atoms with Gasteiger partial charge in [-0.3, -0.25) is 0 Å². The van der Waals surface area contributed by atoms with Gasteiger partial charge in [-0.2, -0.15) is 0 Å². The highest BCUT2D eigenvalue weighted by Gasteiger charge is 2.25. The van der Waals surface area contributed by atoms with Gasteiger partial charge in [0.25, 0.3) is 0 Å². The lowest BCUT2D eigenvalue weighted by Crippen LogP contribution is -2.36. The summed E-state index contributed by atoms with van der Waals surface area (Å²) in [4.78, 5) is 0. The van der Waals surface area contributed by atoms with Crippen molar-refractivity contribution < 1.29 is 4.74 Å². The van der Waals surface area contributed by atoms with Gasteiger partial charge in [0.15, 0.2) is 0 Å². The fourth-order valence-corrected chi connectivity index (χ4v) is 1.88. The summed E-state index contributed by atoms with van der Waals surface area (Å²) in [7, 11) is 1.76. The summed E-state index contributed by atoms with van der Waals surface area (Å²) in [5.41, 5.74) is 6.05. The molecule has 1 rings (SSSR count). The average molecular weight is 171 g/mol. The van der Waals surface area contributed by atoms with Crippen LogP contribution in [0.4, 0.5) is 0 Å². The summed E-state index contributed by atoms with van der Waals surface area (Å²) in [5, 5.41) is 0. The Balaban J connectivity index is 2.11. The Hall–Kier alpha value is -0.0800. The molecule has 72 valence electrons. The molecule has 0 heterocycles. The molecule has 0 aliphatic heterocycles. The number of methoxy groups -OCH3 is 1. The van der Waals surface area contributed by atoms with E-state index in [0.29, 0.717) is 12.0 Å². The molecule has 2 heteroatoms. The van der Waals surface area contributed by atoms with Crippen LogP contribution in [0.5, 0.6) is 0 Å². The molecule has 0 aromatic rings.